The number of hydrogen-bond acceptors (Lipinski definition) is 0. The van der Waals surface area contributed by atoms with E-state index in [0.29, 0.717) is 0 Å². The van der Waals surface area contributed by atoms with Gasteiger partial charge in [-0.05, 0) is 16.9 Å². The zero-order chi connectivity index (χ0) is 9.82. The number of rotatable bonds is 1. The second kappa shape index (κ2) is 13.5. The summed E-state index contributed by atoms with van der Waals surface area (Å²) in [5.41, 5.74) is 1.41. The van der Waals surface area contributed by atoms with Crippen LogP contribution in [0.2, 0.25) is 0 Å². The molecule has 0 saturated heterocycles. The molecular formula is C11H19I. The molecule has 1 aromatic carbocycles. The van der Waals surface area contributed by atoms with Gasteiger partial charge in [0.2, 0.25) is 0 Å². The van der Waals surface area contributed by atoms with Gasteiger partial charge in [-0.2, -0.15) is 0 Å². The largest absolute Gasteiger partial charge is 0.0901 e. The van der Waals surface area contributed by atoms with Gasteiger partial charge in [-0.25, -0.2) is 0 Å². The van der Waals surface area contributed by atoms with Crippen molar-refractivity contribution in [3.8, 4) is 0 Å². The van der Waals surface area contributed by atoms with E-state index < -0.39 is 0 Å². The van der Waals surface area contributed by atoms with Crippen LogP contribution in [0.5, 0.6) is 0 Å². The fourth-order valence-electron chi connectivity index (χ4n) is 0.714. The second-order valence-corrected chi connectivity index (χ2v) is 1.84. The molecule has 1 rings (SSSR count). The zero-order valence-corrected chi connectivity index (χ0v) is 10.6. The lowest BCUT2D eigenvalue weighted by molar-refractivity contribution is 1.14. The molecule has 0 aliphatic rings. The topological polar surface area (TPSA) is 0 Å². The lowest BCUT2D eigenvalue weighted by Crippen LogP contribution is -1.73. The van der Waals surface area contributed by atoms with Crippen LogP contribution in [0.1, 0.15) is 26.3 Å². The van der Waals surface area contributed by atoms with E-state index in [0.717, 1.165) is 6.42 Å². The van der Waals surface area contributed by atoms with E-state index in [4.69, 9.17) is 0 Å². The van der Waals surface area contributed by atoms with Crippen molar-refractivity contribution in [2.45, 2.75) is 27.2 Å². The van der Waals surface area contributed by atoms with Gasteiger partial charge < -0.3 is 0 Å². The first-order valence-electron chi connectivity index (χ1n) is 4.35. The standard InChI is InChI=1S/C8H10.C2H6.CH3I/c1-2-8-6-4-3-5-7-8;2*1-2/h3-7H,2H2,1H3;1-2H3;1H3. The molecule has 0 radical (unpaired) electrons. The second-order valence-electron chi connectivity index (χ2n) is 1.84. The SMILES string of the molecule is CC.CCc1ccccc1.CI. The van der Waals surface area contributed by atoms with E-state index in [1.165, 1.54) is 5.56 Å². The van der Waals surface area contributed by atoms with Gasteiger partial charge in [0.05, 0.1) is 0 Å². The van der Waals surface area contributed by atoms with Crippen molar-refractivity contribution in [3.63, 3.8) is 0 Å². The minimum atomic E-state index is 1.14. The van der Waals surface area contributed by atoms with Crippen molar-refractivity contribution in [2.75, 3.05) is 4.93 Å². The summed E-state index contributed by atoms with van der Waals surface area (Å²) in [5.74, 6) is 0. The number of alkyl halides is 1. The van der Waals surface area contributed by atoms with Crippen molar-refractivity contribution in [1.82, 2.24) is 0 Å². The fraction of sp³-hybridized carbons (Fsp3) is 0.455. The predicted molar refractivity (Wildman–Crippen MR) is 67.1 cm³/mol. The molecule has 0 amide bonds. The summed E-state index contributed by atoms with van der Waals surface area (Å²) >= 11 is 2.15. The number of aryl methyl sites for hydroxylation is 1. The quantitative estimate of drug-likeness (QED) is 0.530. The van der Waals surface area contributed by atoms with Crippen molar-refractivity contribution in [2.24, 2.45) is 0 Å². The van der Waals surface area contributed by atoms with Gasteiger partial charge in [-0.15, -0.1) is 0 Å². The van der Waals surface area contributed by atoms with Gasteiger partial charge in [-0.3, -0.25) is 0 Å². The molecule has 0 atom stereocenters. The van der Waals surface area contributed by atoms with Crippen LogP contribution >= 0.6 is 22.6 Å². The van der Waals surface area contributed by atoms with Crippen LogP contribution in [0.3, 0.4) is 0 Å². The average Bonchev–Trinajstić information content (AvgIpc) is 2.25. The maximum atomic E-state index is 2.16. The third-order valence-electron chi connectivity index (χ3n) is 1.25. The number of hydrogen-bond donors (Lipinski definition) is 0. The van der Waals surface area contributed by atoms with Crippen molar-refractivity contribution in [3.05, 3.63) is 35.9 Å². The van der Waals surface area contributed by atoms with Crippen molar-refractivity contribution in [1.29, 1.82) is 0 Å². The molecule has 70 valence electrons. The van der Waals surface area contributed by atoms with Gasteiger partial charge in [0.15, 0.2) is 0 Å². The molecule has 0 saturated carbocycles. The molecule has 1 aromatic rings. The lowest BCUT2D eigenvalue weighted by atomic mass is 10.2. The fourth-order valence-corrected chi connectivity index (χ4v) is 0.714. The Balaban J connectivity index is 0. The number of benzene rings is 1. The third kappa shape index (κ3) is 8.05. The molecule has 1 heteroatoms. The maximum Gasteiger partial charge on any atom is -0.0121 e. The van der Waals surface area contributed by atoms with Crippen LogP contribution in [0, 0.1) is 0 Å². The molecule has 0 fully saturated rings. The minimum Gasteiger partial charge on any atom is -0.0901 e. The van der Waals surface area contributed by atoms with E-state index in [9.17, 15) is 0 Å². The van der Waals surface area contributed by atoms with Crippen LogP contribution in [0.25, 0.3) is 0 Å². The first kappa shape index (κ1) is 14.5. The average molecular weight is 278 g/mol. The van der Waals surface area contributed by atoms with Crippen molar-refractivity contribution >= 4 is 22.6 Å². The first-order valence-corrected chi connectivity index (χ1v) is 6.51. The zero-order valence-electron chi connectivity index (χ0n) is 8.47. The molecule has 0 aliphatic carbocycles. The molecule has 12 heavy (non-hydrogen) atoms. The van der Waals surface area contributed by atoms with Gasteiger partial charge in [0.25, 0.3) is 0 Å². The molecular weight excluding hydrogens is 259 g/mol. The highest BCUT2D eigenvalue weighted by molar-refractivity contribution is 14.1. The predicted octanol–water partition coefficient (Wildman–Crippen LogP) is 4.33. The summed E-state index contributed by atoms with van der Waals surface area (Å²) in [6, 6.07) is 10.5. The summed E-state index contributed by atoms with van der Waals surface area (Å²) in [7, 11) is 0. The molecule has 0 N–H and O–H groups in total. The first-order chi connectivity index (χ1) is 5.93. The Morgan fingerprint density at radius 3 is 1.67 bits per heavy atom. The molecule has 0 spiro atoms. The summed E-state index contributed by atoms with van der Waals surface area (Å²) in [6.07, 6.45) is 1.14. The Bertz CT molecular complexity index is 146. The Kier molecular flexibility index (Phi) is 16.3. The maximum absolute atomic E-state index is 2.16. The Morgan fingerprint density at radius 2 is 1.42 bits per heavy atom. The highest BCUT2D eigenvalue weighted by atomic mass is 127. The van der Waals surface area contributed by atoms with E-state index in [1.54, 1.807) is 0 Å². The molecule has 0 aliphatic heterocycles. The smallest absolute Gasteiger partial charge is 0.0121 e. The molecule has 0 aromatic heterocycles. The van der Waals surface area contributed by atoms with Crippen molar-refractivity contribution < 1.29 is 0 Å². The highest BCUT2D eigenvalue weighted by Crippen LogP contribution is 1.96. The van der Waals surface area contributed by atoms with Crippen LogP contribution < -0.4 is 0 Å². The molecule has 0 heterocycles. The Labute approximate surface area is 90.5 Å². The van der Waals surface area contributed by atoms with Gasteiger partial charge in [-0.1, -0.05) is 73.7 Å². The Morgan fingerprint density at radius 1 is 1.00 bits per heavy atom. The van der Waals surface area contributed by atoms with Crippen LogP contribution in [-0.4, -0.2) is 4.93 Å². The van der Waals surface area contributed by atoms with Crippen LogP contribution in [0.4, 0.5) is 0 Å². The summed E-state index contributed by atoms with van der Waals surface area (Å²) in [4.78, 5) is 1.97. The molecule has 0 nitrogen and oxygen atoms in total. The van der Waals surface area contributed by atoms with Gasteiger partial charge >= 0.3 is 0 Å². The van der Waals surface area contributed by atoms with Crippen LogP contribution in [-0.2, 0) is 6.42 Å². The molecule has 0 bridgehead atoms. The van der Waals surface area contributed by atoms with Gasteiger partial charge in [0.1, 0.15) is 0 Å². The van der Waals surface area contributed by atoms with E-state index in [-0.39, 0.29) is 0 Å². The summed E-state index contributed by atoms with van der Waals surface area (Å²) in [5, 5.41) is 0. The Hall–Kier alpha value is -0.0500. The van der Waals surface area contributed by atoms with E-state index in [1.807, 2.05) is 24.8 Å². The highest BCUT2D eigenvalue weighted by Gasteiger charge is 1.79. The monoisotopic (exact) mass is 278 g/mol. The van der Waals surface area contributed by atoms with E-state index >= 15 is 0 Å². The lowest BCUT2D eigenvalue weighted by Gasteiger charge is -1.89. The van der Waals surface area contributed by atoms with Crippen LogP contribution in [0.15, 0.2) is 30.3 Å². The summed E-state index contributed by atoms with van der Waals surface area (Å²) in [6.45, 7) is 6.16. The van der Waals surface area contributed by atoms with Gasteiger partial charge in [0, 0.05) is 0 Å². The third-order valence-corrected chi connectivity index (χ3v) is 1.25. The number of halogens is 1. The summed E-state index contributed by atoms with van der Waals surface area (Å²) < 4.78 is 0. The normalized spacial score (nSPS) is 7.08. The van der Waals surface area contributed by atoms with E-state index in [2.05, 4.69) is 53.8 Å². The minimum absolute atomic E-state index is 1.14. The molecule has 0 unspecified atom stereocenters.